The summed E-state index contributed by atoms with van der Waals surface area (Å²) < 4.78 is 0. The quantitative estimate of drug-likeness (QED) is 0.841. The molecule has 2 rings (SSSR count). The van der Waals surface area contributed by atoms with Crippen LogP contribution < -0.4 is 11.5 Å². The maximum atomic E-state index is 12.0. The fourth-order valence-electron chi connectivity index (χ4n) is 2.94. The molecule has 1 aromatic rings. The molecule has 1 amide bonds. The molecule has 114 valence electrons. The van der Waals surface area contributed by atoms with E-state index in [2.05, 4.69) is 0 Å². The summed E-state index contributed by atoms with van der Waals surface area (Å²) in [5, 5.41) is 0. The minimum atomic E-state index is -0.423. The third-order valence-corrected chi connectivity index (χ3v) is 4.34. The molecule has 4 nitrogen and oxygen atoms in total. The molecule has 4 N–H and O–H groups in total. The van der Waals surface area contributed by atoms with Gasteiger partial charge in [-0.05, 0) is 55.7 Å². The molecule has 0 spiro atoms. The van der Waals surface area contributed by atoms with Crippen molar-refractivity contribution in [1.29, 1.82) is 0 Å². The number of Topliss-reactive ketones (excluding diaryl/α,β-unsaturated/α-hetero) is 1. The molecule has 1 aromatic carbocycles. The normalized spacial score (nSPS) is 22.0. The molecule has 0 unspecified atom stereocenters. The van der Waals surface area contributed by atoms with E-state index in [1.54, 1.807) is 12.1 Å². The van der Waals surface area contributed by atoms with Crippen LogP contribution in [0.15, 0.2) is 24.3 Å². The third-order valence-electron chi connectivity index (χ3n) is 4.34. The van der Waals surface area contributed by atoms with Gasteiger partial charge in [0.05, 0.1) is 0 Å². The van der Waals surface area contributed by atoms with Crippen molar-refractivity contribution in [2.45, 2.75) is 51.0 Å². The molecular formula is C17H24N2O2. The number of ketones is 1. The maximum absolute atomic E-state index is 12.0. The Hall–Kier alpha value is -1.68. The van der Waals surface area contributed by atoms with Crippen LogP contribution in [-0.2, 0) is 11.2 Å². The zero-order valence-electron chi connectivity index (χ0n) is 12.4. The lowest BCUT2D eigenvalue weighted by molar-refractivity contribution is -0.120. The van der Waals surface area contributed by atoms with Crippen molar-refractivity contribution >= 4 is 11.7 Å². The summed E-state index contributed by atoms with van der Waals surface area (Å²) in [6.07, 6.45) is 6.24. The SMILES string of the molecule is NC(=O)c1ccc(CCC(=O)CC2CCC(N)CC2)cc1. The summed E-state index contributed by atoms with van der Waals surface area (Å²) in [4.78, 5) is 23.0. The molecule has 0 aliphatic heterocycles. The van der Waals surface area contributed by atoms with E-state index in [1.165, 1.54) is 0 Å². The van der Waals surface area contributed by atoms with Gasteiger partial charge in [-0.1, -0.05) is 12.1 Å². The summed E-state index contributed by atoms with van der Waals surface area (Å²) in [5.74, 6) is 0.428. The minimum Gasteiger partial charge on any atom is -0.366 e. The van der Waals surface area contributed by atoms with Crippen LogP contribution in [0.2, 0.25) is 0 Å². The summed E-state index contributed by atoms with van der Waals surface area (Å²) in [5.41, 5.74) is 12.6. The fourth-order valence-corrected chi connectivity index (χ4v) is 2.94. The Labute approximate surface area is 125 Å². The lowest BCUT2D eigenvalue weighted by Crippen LogP contribution is -2.27. The van der Waals surface area contributed by atoms with Crippen LogP contribution in [0.4, 0.5) is 0 Å². The van der Waals surface area contributed by atoms with E-state index >= 15 is 0 Å². The van der Waals surface area contributed by atoms with Gasteiger partial charge in [0.1, 0.15) is 5.78 Å². The second kappa shape index (κ2) is 7.36. The second-order valence-electron chi connectivity index (χ2n) is 6.08. The summed E-state index contributed by atoms with van der Waals surface area (Å²) in [6.45, 7) is 0. The van der Waals surface area contributed by atoms with Gasteiger partial charge in [-0.2, -0.15) is 0 Å². The van der Waals surface area contributed by atoms with Crippen molar-refractivity contribution in [2.24, 2.45) is 17.4 Å². The Morgan fingerprint density at radius 3 is 2.24 bits per heavy atom. The van der Waals surface area contributed by atoms with Gasteiger partial charge in [-0.3, -0.25) is 9.59 Å². The number of hydrogen-bond acceptors (Lipinski definition) is 3. The van der Waals surface area contributed by atoms with Gasteiger partial charge in [0.2, 0.25) is 5.91 Å². The summed E-state index contributed by atoms with van der Waals surface area (Å²) >= 11 is 0. The highest BCUT2D eigenvalue weighted by Gasteiger charge is 2.20. The lowest BCUT2D eigenvalue weighted by atomic mass is 9.83. The molecule has 1 fully saturated rings. The first kappa shape index (κ1) is 15.7. The fraction of sp³-hybridized carbons (Fsp3) is 0.529. The summed E-state index contributed by atoms with van der Waals surface area (Å²) in [6, 6.07) is 7.50. The van der Waals surface area contributed by atoms with E-state index in [-0.39, 0.29) is 0 Å². The van der Waals surface area contributed by atoms with Crippen molar-refractivity contribution in [1.82, 2.24) is 0 Å². The molecule has 4 heteroatoms. The molecule has 1 aliphatic rings. The van der Waals surface area contributed by atoms with Crippen LogP contribution in [0.3, 0.4) is 0 Å². The minimum absolute atomic E-state index is 0.328. The Bertz CT molecular complexity index is 488. The van der Waals surface area contributed by atoms with Gasteiger partial charge in [0, 0.05) is 24.4 Å². The van der Waals surface area contributed by atoms with Crippen molar-refractivity contribution in [2.75, 3.05) is 0 Å². The largest absolute Gasteiger partial charge is 0.366 e. The zero-order valence-corrected chi connectivity index (χ0v) is 12.4. The van der Waals surface area contributed by atoms with Gasteiger partial charge in [-0.25, -0.2) is 0 Å². The number of hydrogen-bond donors (Lipinski definition) is 2. The number of primary amides is 1. The molecule has 0 atom stereocenters. The van der Waals surface area contributed by atoms with Crippen LogP contribution in [-0.4, -0.2) is 17.7 Å². The van der Waals surface area contributed by atoms with Crippen molar-refractivity contribution < 1.29 is 9.59 Å². The number of rotatable bonds is 6. The molecule has 1 aliphatic carbocycles. The van der Waals surface area contributed by atoms with Crippen molar-refractivity contribution in [3.8, 4) is 0 Å². The van der Waals surface area contributed by atoms with Crippen LogP contribution in [0.5, 0.6) is 0 Å². The topological polar surface area (TPSA) is 86.2 Å². The van der Waals surface area contributed by atoms with Crippen LogP contribution in [0.1, 0.15) is 54.4 Å². The Morgan fingerprint density at radius 1 is 1.05 bits per heavy atom. The smallest absolute Gasteiger partial charge is 0.248 e. The number of amides is 1. The number of benzene rings is 1. The number of nitrogens with two attached hydrogens (primary N) is 2. The Morgan fingerprint density at radius 2 is 1.67 bits per heavy atom. The van der Waals surface area contributed by atoms with Crippen molar-refractivity contribution in [3.05, 3.63) is 35.4 Å². The molecular weight excluding hydrogens is 264 g/mol. The van der Waals surface area contributed by atoms with E-state index in [4.69, 9.17) is 11.5 Å². The highest BCUT2D eigenvalue weighted by Crippen LogP contribution is 2.26. The third kappa shape index (κ3) is 4.97. The van der Waals surface area contributed by atoms with Crippen LogP contribution in [0.25, 0.3) is 0 Å². The van der Waals surface area contributed by atoms with E-state index in [9.17, 15) is 9.59 Å². The van der Waals surface area contributed by atoms with Gasteiger partial charge in [0.25, 0.3) is 0 Å². The molecule has 0 saturated heterocycles. The molecule has 1 saturated carbocycles. The number of carbonyl (C=O) groups excluding carboxylic acids is 2. The van der Waals surface area contributed by atoms with E-state index < -0.39 is 5.91 Å². The van der Waals surface area contributed by atoms with Crippen LogP contribution >= 0.6 is 0 Å². The first-order valence-electron chi connectivity index (χ1n) is 7.70. The maximum Gasteiger partial charge on any atom is 0.248 e. The predicted octanol–water partition coefficient (Wildman–Crippen LogP) is 2.19. The first-order valence-corrected chi connectivity index (χ1v) is 7.70. The molecule has 21 heavy (non-hydrogen) atoms. The van der Waals surface area contributed by atoms with E-state index in [1.807, 2.05) is 12.1 Å². The lowest BCUT2D eigenvalue weighted by Gasteiger charge is -2.25. The first-order chi connectivity index (χ1) is 10.0. The number of carbonyl (C=O) groups is 2. The molecule has 0 bridgehead atoms. The molecule has 0 radical (unpaired) electrons. The van der Waals surface area contributed by atoms with Crippen LogP contribution in [0, 0.1) is 5.92 Å². The van der Waals surface area contributed by atoms with Gasteiger partial charge in [0.15, 0.2) is 0 Å². The highest BCUT2D eigenvalue weighted by molar-refractivity contribution is 5.92. The van der Waals surface area contributed by atoms with E-state index in [0.29, 0.717) is 36.1 Å². The second-order valence-corrected chi connectivity index (χ2v) is 6.08. The number of aryl methyl sites for hydroxylation is 1. The average Bonchev–Trinajstić information content (AvgIpc) is 2.48. The Kier molecular flexibility index (Phi) is 5.51. The zero-order chi connectivity index (χ0) is 15.2. The van der Waals surface area contributed by atoms with Gasteiger partial charge in [-0.15, -0.1) is 0 Å². The monoisotopic (exact) mass is 288 g/mol. The van der Waals surface area contributed by atoms with Crippen molar-refractivity contribution in [3.63, 3.8) is 0 Å². The Balaban J connectivity index is 1.74. The summed E-state index contributed by atoms with van der Waals surface area (Å²) in [7, 11) is 0. The average molecular weight is 288 g/mol. The predicted molar refractivity (Wildman–Crippen MR) is 82.8 cm³/mol. The molecule has 0 heterocycles. The van der Waals surface area contributed by atoms with E-state index in [0.717, 1.165) is 37.7 Å². The highest BCUT2D eigenvalue weighted by atomic mass is 16.1. The van der Waals surface area contributed by atoms with Gasteiger partial charge >= 0.3 is 0 Å². The molecule has 0 aromatic heterocycles. The van der Waals surface area contributed by atoms with Gasteiger partial charge < -0.3 is 11.5 Å². The standard InChI is InChI=1S/C17H24N2O2/c18-15-8-3-13(4-9-15)11-16(20)10-5-12-1-6-14(7-2-12)17(19)21/h1-2,6-7,13,15H,3-5,8-11,18H2,(H2,19,21).